The van der Waals surface area contributed by atoms with Gasteiger partial charge in [0.15, 0.2) is 11.3 Å². The minimum absolute atomic E-state index is 0.0741. The maximum Gasteiger partial charge on any atom is 0.372 e. The largest absolute Gasteiger partial charge is 0.490 e. The molecule has 4 heteroatoms. The van der Waals surface area contributed by atoms with Gasteiger partial charge in [0.05, 0.1) is 6.61 Å². The first-order chi connectivity index (χ1) is 9.22. The average molecular weight is 260 g/mol. The molecule has 1 saturated carbocycles. The summed E-state index contributed by atoms with van der Waals surface area (Å²) in [5.74, 6) is 0.0344. The van der Waals surface area contributed by atoms with Crippen molar-refractivity contribution in [3.63, 3.8) is 0 Å². The van der Waals surface area contributed by atoms with E-state index in [1.54, 1.807) is 0 Å². The maximum absolute atomic E-state index is 11.3. The third-order valence-electron chi connectivity index (χ3n) is 3.36. The maximum atomic E-state index is 11.3. The lowest BCUT2D eigenvalue weighted by Crippen LogP contribution is -1.97. The molecule has 1 N–H and O–H groups in total. The molecular weight excluding hydrogens is 244 g/mol. The van der Waals surface area contributed by atoms with Gasteiger partial charge in [-0.1, -0.05) is 19.1 Å². The summed E-state index contributed by atoms with van der Waals surface area (Å²) in [6.07, 6.45) is 2.97. The van der Waals surface area contributed by atoms with Gasteiger partial charge < -0.3 is 14.3 Å². The van der Waals surface area contributed by atoms with Crippen molar-refractivity contribution in [2.75, 3.05) is 6.61 Å². The first-order valence-electron chi connectivity index (χ1n) is 6.64. The third kappa shape index (κ3) is 2.07. The number of fused-ring (bicyclic) bond motifs is 1. The van der Waals surface area contributed by atoms with Crippen LogP contribution in [0.1, 0.15) is 48.2 Å². The van der Waals surface area contributed by atoms with Crippen LogP contribution in [-0.2, 0) is 0 Å². The molecule has 3 rings (SSSR count). The summed E-state index contributed by atoms with van der Waals surface area (Å²) in [6, 6.07) is 5.63. The van der Waals surface area contributed by atoms with Crippen LogP contribution in [0.4, 0.5) is 0 Å². The van der Waals surface area contributed by atoms with Crippen molar-refractivity contribution in [3.05, 3.63) is 29.5 Å². The van der Waals surface area contributed by atoms with E-state index in [-0.39, 0.29) is 5.76 Å². The fourth-order valence-electron chi connectivity index (χ4n) is 2.37. The van der Waals surface area contributed by atoms with Crippen molar-refractivity contribution in [2.24, 2.45) is 0 Å². The average Bonchev–Trinajstić information content (AvgIpc) is 3.15. The van der Waals surface area contributed by atoms with E-state index in [0.717, 1.165) is 30.2 Å². The number of ether oxygens (including phenoxy) is 1. The number of benzene rings is 1. The number of para-hydroxylation sites is 1. The summed E-state index contributed by atoms with van der Waals surface area (Å²) >= 11 is 0. The Bertz CT molecular complexity index is 622. The van der Waals surface area contributed by atoms with E-state index < -0.39 is 5.97 Å². The van der Waals surface area contributed by atoms with Crippen molar-refractivity contribution in [2.45, 2.75) is 32.1 Å². The fourth-order valence-corrected chi connectivity index (χ4v) is 2.37. The van der Waals surface area contributed by atoms with E-state index in [1.165, 1.54) is 0 Å². The second-order valence-corrected chi connectivity index (χ2v) is 4.91. The lowest BCUT2D eigenvalue weighted by Gasteiger charge is -2.04. The van der Waals surface area contributed by atoms with Gasteiger partial charge in [0.1, 0.15) is 0 Å². The molecule has 0 amide bonds. The monoisotopic (exact) mass is 260 g/mol. The molecule has 4 nitrogen and oxygen atoms in total. The molecule has 1 heterocycles. The van der Waals surface area contributed by atoms with E-state index in [2.05, 4.69) is 0 Å². The summed E-state index contributed by atoms with van der Waals surface area (Å²) in [7, 11) is 0. The van der Waals surface area contributed by atoms with Crippen molar-refractivity contribution in [3.8, 4) is 5.75 Å². The Morgan fingerprint density at radius 3 is 2.89 bits per heavy atom. The number of furan rings is 1. The number of aromatic carboxylic acids is 1. The predicted molar refractivity (Wildman–Crippen MR) is 70.9 cm³/mol. The molecule has 0 saturated heterocycles. The summed E-state index contributed by atoms with van der Waals surface area (Å²) in [5, 5.41) is 10.2. The number of carboxylic acid groups (broad SMARTS) is 1. The van der Waals surface area contributed by atoms with Crippen molar-refractivity contribution < 1.29 is 19.1 Å². The van der Waals surface area contributed by atoms with Gasteiger partial charge in [-0.3, -0.25) is 0 Å². The molecule has 100 valence electrons. The highest BCUT2D eigenvalue weighted by molar-refractivity contribution is 5.97. The Morgan fingerprint density at radius 1 is 1.47 bits per heavy atom. The van der Waals surface area contributed by atoms with Gasteiger partial charge in [-0.2, -0.15) is 0 Å². The van der Waals surface area contributed by atoms with E-state index in [9.17, 15) is 9.90 Å². The van der Waals surface area contributed by atoms with Crippen LogP contribution in [0.3, 0.4) is 0 Å². The van der Waals surface area contributed by atoms with Crippen LogP contribution >= 0.6 is 0 Å². The van der Waals surface area contributed by atoms with E-state index in [1.807, 2.05) is 25.1 Å². The van der Waals surface area contributed by atoms with Gasteiger partial charge in [-0.25, -0.2) is 4.79 Å². The highest BCUT2D eigenvalue weighted by atomic mass is 16.5. The van der Waals surface area contributed by atoms with Gasteiger partial charge in [-0.15, -0.1) is 0 Å². The molecule has 1 fully saturated rings. The molecule has 1 aromatic carbocycles. The van der Waals surface area contributed by atoms with Crippen molar-refractivity contribution in [1.29, 1.82) is 0 Å². The normalized spacial score (nSPS) is 14.8. The predicted octanol–water partition coefficient (Wildman–Crippen LogP) is 3.80. The van der Waals surface area contributed by atoms with E-state index in [0.29, 0.717) is 23.9 Å². The lowest BCUT2D eigenvalue weighted by atomic mass is 10.1. The van der Waals surface area contributed by atoms with Crippen LogP contribution in [0.25, 0.3) is 11.0 Å². The summed E-state index contributed by atoms with van der Waals surface area (Å²) in [6.45, 7) is 2.63. The molecule has 0 unspecified atom stereocenters. The van der Waals surface area contributed by atoms with Gasteiger partial charge in [0.25, 0.3) is 0 Å². The Kier molecular flexibility index (Phi) is 2.93. The van der Waals surface area contributed by atoms with Crippen LogP contribution in [0, 0.1) is 0 Å². The van der Waals surface area contributed by atoms with Gasteiger partial charge in [0.2, 0.25) is 5.76 Å². The van der Waals surface area contributed by atoms with Crippen molar-refractivity contribution in [1.82, 2.24) is 0 Å². The molecule has 1 aliphatic carbocycles. The second kappa shape index (κ2) is 4.61. The number of carbonyl (C=O) groups is 1. The molecule has 19 heavy (non-hydrogen) atoms. The number of rotatable bonds is 5. The molecule has 0 spiro atoms. The minimum Gasteiger partial charge on any atom is -0.490 e. The highest BCUT2D eigenvalue weighted by Crippen LogP contribution is 2.47. The quantitative estimate of drug-likeness (QED) is 0.888. The van der Waals surface area contributed by atoms with Gasteiger partial charge >= 0.3 is 5.97 Å². The standard InChI is InChI=1S/C15H16O4/c1-2-8-18-11-5-3-4-10-12(9-6-7-9)14(15(16)17)19-13(10)11/h3-5,9H,2,6-8H2,1H3,(H,16,17). The Balaban J connectivity index is 2.16. The van der Waals surface area contributed by atoms with E-state index in [4.69, 9.17) is 9.15 Å². The number of hydrogen-bond donors (Lipinski definition) is 1. The highest BCUT2D eigenvalue weighted by Gasteiger charge is 2.34. The van der Waals surface area contributed by atoms with Crippen LogP contribution in [0.2, 0.25) is 0 Å². The SMILES string of the molecule is CCCOc1cccc2c(C3CC3)c(C(=O)O)oc12. The molecule has 0 atom stereocenters. The first-order valence-corrected chi connectivity index (χ1v) is 6.64. The van der Waals surface area contributed by atoms with Crippen LogP contribution < -0.4 is 4.74 Å². The lowest BCUT2D eigenvalue weighted by molar-refractivity contribution is 0.0663. The molecule has 0 aliphatic heterocycles. The van der Waals surface area contributed by atoms with Gasteiger partial charge in [0, 0.05) is 10.9 Å². The smallest absolute Gasteiger partial charge is 0.372 e. The number of carboxylic acids is 1. The third-order valence-corrected chi connectivity index (χ3v) is 3.36. The first kappa shape index (κ1) is 12.1. The zero-order valence-electron chi connectivity index (χ0n) is 10.8. The number of hydrogen-bond acceptors (Lipinski definition) is 3. The molecular formula is C15H16O4. The Morgan fingerprint density at radius 2 is 2.26 bits per heavy atom. The van der Waals surface area contributed by atoms with Crippen LogP contribution in [-0.4, -0.2) is 17.7 Å². The topological polar surface area (TPSA) is 59.7 Å². The van der Waals surface area contributed by atoms with Crippen LogP contribution in [0.5, 0.6) is 5.75 Å². The Labute approximate surface area is 111 Å². The summed E-state index contributed by atoms with van der Waals surface area (Å²) < 4.78 is 11.2. The molecule has 2 aromatic rings. The Hall–Kier alpha value is -1.97. The summed E-state index contributed by atoms with van der Waals surface area (Å²) in [5.41, 5.74) is 1.40. The molecule has 0 bridgehead atoms. The molecule has 1 aliphatic rings. The fraction of sp³-hybridized carbons (Fsp3) is 0.400. The van der Waals surface area contributed by atoms with Crippen molar-refractivity contribution >= 4 is 16.9 Å². The molecule has 0 radical (unpaired) electrons. The summed E-state index contributed by atoms with van der Waals surface area (Å²) in [4.78, 5) is 11.3. The minimum atomic E-state index is -1.00. The van der Waals surface area contributed by atoms with Gasteiger partial charge in [-0.05, 0) is 31.2 Å². The second-order valence-electron chi connectivity index (χ2n) is 4.91. The zero-order chi connectivity index (χ0) is 13.4. The molecule has 1 aromatic heterocycles. The van der Waals surface area contributed by atoms with E-state index >= 15 is 0 Å². The zero-order valence-corrected chi connectivity index (χ0v) is 10.8. The van der Waals surface area contributed by atoms with Crippen LogP contribution in [0.15, 0.2) is 22.6 Å².